The number of hydrogen-bond acceptors (Lipinski definition) is 4. The van der Waals surface area contributed by atoms with Crippen molar-refractivity contribution in [2.24, 2.45) is 0 Å². The third-order valence-corrected chi connectivity index (χ3v) is 8.69. The summed E-state index contributed by atoms with van der Waals surface area (Å²) < 4.78 is 0. The van der Waals surface area contributed by atoms with Crippen LogP contribution < -0.4 is 21.3 Å². The third kappa shape index (κ3) is 12.5. The number of hydrogen-bond donors (Lipinski definition) is 4. The zero-order valence-corrected chi connectivity index (χ0v) is 30.8. The van der Waals surface area contributed by atoms with Crippen LogP contribution in [0.15, 0.2) is 97.1 Å². The minimum absolute atomic E-state index is 0.0246. The molecule has 4 amide bonds. The minimum atomic E-state index is -0.180. The van der Waals surface area contributed by atoms with Gasteiger partial charge in [-0.3, -0.25) is 19.2 Å². The Morgan fingerprint density at radius 2 is 0.667 bits per heavy atom. The van der Waals surface area contributed by atoms with Gasteiger partial charge in [0, 0.05) is 46.7 Å². The zero-order chi connectivity index (χ0) is 37.0. The molecule has 8 heteroatoms. The summed E-state index contributed by atoms with van der Waals surface area (Å²) >= 11 is 0. The summed E-state index contributed by atoms with van der Waals surface area (Å²) in [6.07, 6.45) is 5.14. The molecule has 0 radical (unpaired) electrons. The van der Waals surface area contributed by atoms with E-state index in [1.165, 1.54) is 11.1 Å². The molecule has 0 saturated carbocycles. The highest BCUT2D eigenvalue weighted by Crippen LogP contribution is 2.24. The van der Waals surface area contributed by atoms with E-state index in [2.05, 4.69) is 62.8 Å². The molecule has 4 aromatic rings. The smallest absolute Gasteiger partial charge is 0.255 e. The number of anilines is 4. The fraction of sp³-hybridized carbons (Fsp3) is 0.349. The first-order valence-corrected chi connectivity index (χ1v) is 17.8. The van der Waals surface area contributed by atoms with Gasteiger partial charge in [0.05, 0.1) is 0 Å². The molecule has 0 aromatic heterocycles. The fourth-order valence-electron chi connectivity index (χ4n) is 5.47. The molecule has 0 fully saturated rings. The van der Waals surface area contributed by atoms with E-state index in [1.807, 2.05) is 48.5 Å². The van der Waals surface area contributed by atoms with Crippen molar-refractivity contribution in [3.05, 3.63) is 119 Å². The Morgan fingerprint density at radius 3 is 0.961 bits per heavy atom. The summed E-state index contributed by atoms with van der Waals surface area (Å²) in [7, 11) is 0. The highest BCUT2D eigenvalue weighted by molar-refractivity contribution is 6.05. The summed E-state index contributed by atoms with van der Waals surface area (Å²) in [5.41, 5.74) is 6.24. The number of benzene rings is 4. The highest BCUT2D eigenvalue weighted by Gasteiger charge is 2.16. The highest BCUT2D eigenvalue weighted by atomic mass is 16.2. The van der Waals surface area contributed by atoms with Gasteiger partial charge in [0.1, 0.15) is 0 Å². The second kappa shape index (κ2) is 17.6. The molecule has 0 saturated heterocycles. The molecule has 4 N–H and O–H groups in total. The van der Waals surface area contributed by atoms with E-state index in [9.17, 15) is 19.2 Å². The predicted molar refractivity (Wildman–Crippen MR) is 209 cm³/mol. The van der Waals surface area contributed by atoms with Gasteiger partial charge in [0.15, 0.2) is 0 Å². The van der Waals surface area contributed by atoms with Gasteiger partial charge in [-0.1, -0.05) is 85.1 Å². The molecule has 0 spiro atoms. The maximum absolute atomic E-state index is 12.6. The number of amides is 4. The minimum Gasteiger partial charge on any atom is -0.326 e. The molecule has 0 aliphatic carbocycles. The lowest BCUT2D eigenvalue weighted by atomic mass is 9.86. The molecule has 268 valence electrons. The summed E-state index contributed by atoms with van der Waals surface area (Å²) in [5.74, 6) is -0.462. The SMILES string of the molecule is CC(C)(C)c1ccc(C(=O)Nc2ccc(NC(=O)CCCCCCCC(=O)Nc3ccc(NC(=O)c4ccc(C(C)(C)C)cc4)cc3)cc2)cc1. The van der Waals surface area contributed by atoms with Crippen LogP contribution in [0.5, 0.6) is 0 Å². The van der Waals surface area contributed by atoms with Crippen LogP contribution in [-0.2, 0) is 20.4 Å². The van der Waals surface area contributed by atoms with Crippen molar-refractivity contribution in [2.75, 3.05) is 21.3 Å². The van der Waals surface area contributed by atoms with Crippen LogP contribution in [0.4, 0.5) is 22.7 Å². The number of carbonyl (C=O) groups is 4. The fourth-order valence-corrected chi connectivity index (χ4v) is 5.47. The molecule has 51 heavy (non-hydrogen) atoms. The van der Waals surface area contributed by atoms with Gasteiger partial charge >= 0.3 is 0 Å². The zero-order valence-electron chi connectivity index (χ0n) is 30.8. The lowest BCUT2D eigenvalue weighted by Gasteiger charge is -2.19. The topological polar surface area (TPSA) is 116 Å². The Balaban J connectivity index is 1.06. The first-order chi connectivity index (χ1) is 24.2. The molecule has 0 bridgehead atoms. The van der Waals surface area contributed by atoms with Gasteiger partial charge in [-0.05, 0) is 108 Å². The monoisotopic (exact) mass is 688 g/mol. The summed E-state index contributed by atoms with van der Waals surface area (Å²) in [4.78, 5) is 50.2. The molecular weight excluding hydrogens is 636 g/mol. The molecule has 0 unspecified atom stereocenters. The van der Waals surface area contributed by atoms with E-state index in [0.29, 0.717) is 46.7 Å². The summed E-state index contributed by atoms with van der Waals surface area (Å²) in [6, 6.07) is 29.5. The average Bonchev–Trinajstić information content (AvgIpc) is 3.09. The molecule has 0 atom stereocenters. The van der Waals surface area contributed by atoms with Crippen molar-refractivity contribution in [3.8, 4) is 0 Å². The van der Waals surface area contributed by atoms with Crippen LogP contribution in [0.2, 0.25) is 0 Å². The Labute approximate surface area is 302 Å². The van der Waals surface area contributed by atoms with E-state index in [0.717, 1.165) is 32.1 Å². The van der Waals surface area contributed by atoms with Crippen LogP contribution in [0.25, 0.3) is 0 Å². The molecule has 4 rings (SSSR count). The van der Waals surface area contributed by atoms with E-state index < -0.39 is 0 Å². The number of unbranched alkanes of at least 4 members (excludes halogenated alkanes) is 4. The van der Waals surface area contributed by atoms with E-state index in [1.54, 1.807) is 48.5 Å². The van der Waals surface area contributed by atoms with Crippen molar-refractivity contribution in [1.29, 1.82) is 0 Å². The second-order valence-electron chi connectivity index (χ2n) is 15.1. The van der Waals surface area contributed by atoms with Crippen molar-refractivity contribution >= 4 is 46.4 Å². The van der Waals surface area contributed by atoms with Crippen LogP contribution in [-0.4, -0.2) is 23.6 Å². The van der Waals surface area contributed by atoms with Crippen molar-refractivity contribution in [2.45, 2.75) is 97.3 Å². The van der Waals surface area contributed by atoms with Crippen LogP contribution in [0, 0.1) is 0 Å². The maximum Gasteiger partial charge on any atom is 0.255 e. The van der Waals surface area contributed by atoms with Gasteiger partial charge < -0.3 is 21.3 Å². The molecule has 0 heterocycles. The van der Waals surface area contributed by atoms with Gasteiger partial charge in [-0.15, -0.1) is 0 Å². The molecule has 8 nitrogen and oxygen atoms in total. The van der Waals surface area contributed by atoms with Crippen LogP contribution in [0.1, 0.15) is 118 Å². The Morgan fingerprint density at radius 1 is 0.392 bits per heavy atom. The average molecular weight is 689 g/mol. The first kappa shape index (κ1) is 38.6. The van der Waals surface area contributed by atoms with Crippen molar-refractivity contribution in [3.63, 3.8) is 0 Å². The van der Waals surface area contributed by atoms with Gasteiger partial charge in [0.2, 0.25) is 11.8 Å². The molecule has 4 aromatic carbocycles. The lowest BCUT2D eigenvalue weighted by molar-refractivity contribution is -0.117. The van der Waals surface area contributed by atoms with Gasteiger partial charge in [-0.2, -0.15) is 0 Å². The third-order valence-electron chi connectivity index (χ3n) is 8.69. The Bertz CT molecular complexity index is 1630. The predicted octanol–water partition coefficient (Wildman–Crippen LogP) is 10.1. The second-order valence-corrected chi connectivity index (χ2v) is 15.1. The summed E-state index contributed by atoms with van der Waals surface area (Å²) in [6.45, 7) is 12.8. The standard InChI is InChI=1S/C43H52N4O4/c1-42(2,3)32-18-14-30(15-19-32)40(50)46-36-26-22-34(23-27-36)44-38(48)12-10-8-7-9-11-13-39(49)45-35-24-28-37(29-25-35)47-41(51)31-16-20-33(21-17-31)43(4,5)6/h14-29H,7-13H2,1-6H3,(H,44,48)(H,45,49)(H,46,50)(H,47,51). The largest absolute Gasteiger partial charge is 0.326 e. The Kier molecular flexibility index (Phi) is 13.3. The first-order valence-electron chi connectivity index (χ1n) is 17.8. The molecule has 0 aliphatic rings. The van der Waals surface area contributed by atoms with Crippen molar-refractivity contribution in [1.82, 2.24) is 0 Å². The quantitative estimate of drug-likeness (QED) is 0.0987. The Hall–Kier alpha value is -5.24. The summed E-state index contributed by atoms with van der Waals surface area (Å²) in [5, 5.41) is 11.6. The van der Waals surface area contributed by atoms with E-state index >= 15 is 0 Å². The number of rotatable bonds is 14. The molecule has 0 aliphatic heterocycles. The van der Waals surface area contributed by atoms with Gasteiger partial charge in [-0.25, -0.2) is 0 Å². The maximum atomic E-state index is 12.6. The van der Waals surface area contributed by atoms with E-state index in [-0.39, 0.29) is 34.5 Å². The van der Waals surface area contributed by atoms with Crippen molar-refractivity contribution < 1.29 is 19.2 Å². The molecular formula is C43H52N4O4. The lowest BCUT2D eigenvalue weighted by Crippen LogP contribution is -2.14. The normalized spacial score (nSPS) is 11.4. The van der Waals surface area contributed by atoms with Crippen LogP contribution in [0.3, 0.4) is 0 Å². The van der Waals surface area contributed by atoms with Gasteiger partial charge in [0.25, 0.3) is 11.8 Å². The van der Waals surface area contributed by atoms with E-state index in [4.69, 9.17) is 0 Å². The van der Waals surface area contributed by atoms with Crippen LogP contribution >= 0.6 is 0 Å². The number of nitrogens with one attached hydrogen (secondary N) is 4. The number of carbonyl (C=O) groups excluding carboxylic acids is 4.